The lowest BCUT2D eigenvalue weighted by molar-refractivity contribution is 0.0652. The van der Waals surface area contributed by atoms with E-state index in [0.29, 0.717) is 10.7 Å². The molecule has 2 heterocycles. The molecule has 1 fully saturated rings. The maximum atomic E-state index is 10.8. The van der Waals surface area contributed by atoms with Crippen LogP contribution in [0.1, 0.15) is 29.8 Å². The van der Waals surface area contributed by atoms with Crippen molar-refractivity contribution in [2.75, 3.05) is 18.0 Å². The molecule has 1 N–H and O–H groups in total. The van der Waals surface area contributed by atoms with E-state index in [9.17, 15) is 4.79 Å². The molecule has 0 aliphatic carbocycles. The monoisotopic (exact) mass is 306 g/mol. The molecule has 0 saturated carbocycles. The predicted molar refractivity (Wildman–Crippen MR) is 80.0 cm³/mol. The third-order valence-corrected chi connectivity index (χ3v) is 3.96. The summed E-state index contributed by atoms with van der Waals surface area (Å²) in [5.41, 5.74) is 2.23. The van der Waals surface area contributed by atoms with Gasteiger partial charge in [0.25, 0.3) is 0 Å². The van der Waals surface area contributed by atoms with Gasteiger partial charge < -0.3 is 14.5 Å². The molecule has 1 aliphatic heterocycles. The fourth-order valence-corrected chi connectivity index (χ4v) is 2.87. The molecule has 0 amide bonds. The Bertz CT molecular complexity index is 663. The molecule has 1 aromatic carbocycles. The second-order valence-electron chi connectivity index (χ2n) is 5.10. The van der Waals surface area contributed by atoms with Gasteiger partial charge in [-0.1, -0.05) is 22.8 Å². The van der Waals surface area contributed by atoms with E-state index in [0.717, 1.165) is 24.3 Å². The summed E-state index contributed by atoms with van der Waals surface area (Å²) in [7, 11) is 0. The van der Waals surface area contributed by atoms with E-state index in [1.165, 1.54) is 25.3 Å². The van der Waals surface area contributed by atoms with Crippen molar-refractivity contribution in [1.29, 1.82) is 0 Å². The molecule has 110 valence electrons. The van der Waals surface area contributed by atoms with E-state index in [-0.39, 0.29) is 5.76 Å². The van der Waals surface area contributed by atoms with Gasteiger partial charge in [0.15, 0.2) is 0 Å². The van der Waals surface area contributed by atoms with Gasteiger partial charge in [-0.3, -0.25) is 0 Å². The van der Waals surface area contributed by atoms with Crippen LogP contribution in [0.5, 0.6) is 0 Å². The van der Waals surface area contributed by atoms with Crippen LogP contribution in [0, 0.1) is 0 Å². The van der Waals surface area contributed by atoms with Crippen molar-refractivity contribution in [1.82, 2.24) is 5.16 Å². The fourth-order valence-electron chi connectivity index (χ4n) is 2.57. The Labute approximate surface area is 127 Å². The molecule has 1 aromatic heterocycles. The first kappa shape index (κ1) is 13.9. The number of aromatic nitrogens is 1. The number of hydrogen-bond donors (Lipinski definition) is 1. The normalized spacial score (nSPS) is 15.2. The zero-order valence-electron chi connectivity index (χ0n) is 11.4. The van der Waals surface area contributed by atoms with E-state index >= 15 is 0 Å². The molecule has 0 radical (unpaired) electrons. The summed E-state index contributed by atoms with van der Waals surface area (Å²) in [4.78, 5) is 13.1. The summed E-state index contributed by atoms with van der Waals surface area (Å²) in [5, 5.41) is 13.3. The second-order valence-corrected chi connectivity index (χ2v) is 5.50. The van der Waals surface area contributed by atoms with E-state index < -0.39 is 5.97 Å². The van der Waals surface area contributed by atoms with Gasteiger partial charge in [-0.05, 0) is 31.4 Å². The lowest BCUT2D eigenvalue weighted by Gasteiger charge is -2.29. The molecular weight excluding hydrogens is 292 g/mol. The van der Waals surface area contributed by atoms with Gasteiger partial charge in [-0.15, -0.1) is 0 Å². The number of rotatable bonds is 3. The number of carboxylic acids is 1. The zero-order chi connectivity index (χ0) is 14.8. The van der Waals surface area contributed by atoms with Crippen LogP contribution in [0.3, 0.4) is 0 Å². The van der Waals surface area contributed by atoms with Crippen LogP contribution in [0.4, 0.5) is 5.69 Å². The summed E-state index contributed by atoms with van der Waals surface area (Å²) in [6.45, 7) is 2.04. The Balaban J connectivity index is 1.87. The third kappa shape index (κ3) is 2.88. The number of piperidine rings is 1. The number of benzene rings is 1. The van der Waals surface area contributed by atoms with Crippen LogP contribution < -0.4 is 4.90 Å². The highest BCUT2D eigenvalue weighted by atomic mass is 35.5. The van der Waals surface area contributed by atoms with Crippen molar-refractivity contribution in [2.45, 2.75) is 19.3 Å². The number of halogens is 1. The van der Waals surface area contributed by atoms with Crippen LogP contribution >= 0.6 is 11.6 Å². The van der Waals surface area contributed by atoms with E-state index in [4.69, 9.17) is 21.2 Å². The van der Waals surface area contributed by atoms with Crippen LogP contribution in [-0.4, -0.2) is 29.3 Å². The molecule has 1 aliphatic rings. The summed E-state index contributed by atoms with van der Waals surface area (Å²) in [5.74, 6) is -1.31. The second kappa shape index (κ2) is 5.77. The smallest absolute Gasteiger partial charge is 0.374 e. The zero-order valence-corrected chi connectivity index (χ0v) is 12.1. The van der Waals surface area contributed by atoms with Crippen molar-refractivity contribution >= 4 is 23.3 Å². The Hall–Kier alpha value is -2.01. The average molecular weight is 307 g/mol. The highest BCUT2D eigenvalue weighted by Gasteiger charge is 2.16. The Morgan fingerprint density at radius 3 is 2.62 bits per heavy atom. The largest absolute Gasteiger partial charge is 0.475 e. The van der Waals surface area contributed by atoms with Crippen LogP contribution in [0.25, 0.3) is 11.3 Å². The summed E-state index contributed by atoms with van der Waals surface area (Å²) >= 11 is 6.37. The highest BCUT2D eigenvalue weighted by molar-refractivity contribution is 6.33. The van der Waals surface area contributed by atoms with Gasteiger partial charge in [0, 0.05) is 24.7 Å². The number of aromatic carboxylic acids is 1. The number of carbonyl (C=O) groups is 1. The number of hydrogen-bond acceptors (Lipinski definition) is 4. The lowest BCUT2D eigenvalue weighted by Crippen LogP contribution is -2.29. The molecule has 0 unspecified atom stereocenters. The van der Waals surface area contributed by atoms with Crippen molar-refractivity contribution < 1.29 is 14.4 Å². The van der Waals surface area contributed by atoms with Crippen molar-refractivity contribution in [3.05, 3.63) is 35.0 Å². The number of nitrogens with zero attached hydrogens (tertiary/aromatic N) is 2. The molecule has 21 heavy (non-hydrogen) atoms. The molecule has 1 saturated heterocycles. The van der Waals surface area contributed by atoms with Crippen LogP contribution in [0.2, 0.25) is 5.02 Å². The minimum atomic E-state index is -1.13. The molecule has 6 heteroatoms. The molecule has 0 spiro atoms. The van der Waals surface area contributed by atoms with Crippen molar-refractivity contribution in [3.63, 3.8) is 0 Å². The van der Waals surface area contributed by atoms with Gasteiger partial charge in [0.1, 0.15) is 5.69 Å². The minimum Gasteiger partial charge on any atom is -0.475 e. The molecular formula is C15H15ClN2O3. The van der Waals surface area contributed by atoms with Crippen LogP contribution in [0.15, 0.2) is 28.8 Å². The first-order valence-corrected chi connectivity index (χ1v) is 7.28. The van der Waals surface area contributed by atoms with Gasteiger partial charge >= 0.3 is 5.97 Å². The molecule has 5 nitrogen and oxygen atoms in total. The first-order chi connectivity index (χ1) is 10.1. The lowest BCUT2D eigenvalue weighted by atomic mass is 10.1. The molecule has 3 rings (SSSR count). The number of anilines is 1. The van der Waals surface area contributed by atoms with Gasteiger partial charge in [-0.25, -0.2) is 4.79 Å². The summed E-state index contributed by atoms with van der Waals surface area (Å²) in [6, 6.07) is 7.04. The van der Waals surface area contributed by atoms with Crippen molar-refractivity contribution in [2.24, 2.45) is 0 Å². The van der Waals surface area contributed by atoms with E-state index in [1.54, 1.807) is 6.07 Å². The summed E-state index contributed by atoms with van der Waals surface area (Å²) < 4.78 is 4.76. The molecule has 0 atom stereocenters. The third-order valence-electron chi connectivity index (χ3n) is 3.66. The van der Waals surface area contributed by atoms with E-state index in [2.05, 4.69) is 10.1 Å². The topological polar surface area (TPSA) is 66.6 Å². The summed E-state index contributed by atoms with van der Waals surface area (Å²) in [6.07, 6.45) is 3.63. The fraction of sp³-hybridized carbons (Fsp3) is 0.333. The Kier molecular flexibility index (Phi) is 3.84. The maximum Gasteiger partial charge on any atom is 0.374 e. The minimum absolute atomic E-state index is 0.179. The quantitative estimate of drug-likeness (QED) is 0.937. The number of carboxylic acid groups (broad SMARTS) is 1. The van der Waals surface area contributed by atoms with Gasteiger partial charge in [0.2, 0.25) is 5.76 Å². The average Bonchev–Trinajstić information content (AvgIpc) is 2.98. The Morgan fingerprint density at radius 2 is 2.00 bits per heavy atom. The first-order valence-electron chi connectivity index (χ1n) is 6.90. The Morgan fingerprint density at radius 1 is 1.24 bits per heavy atom. The SMILES string of the molecule is O=C(O)c1cc(-c2ccc(N3CCCCC3)c(Cl)c2)no1. The van der Waals surface area contributed by atoms with Gasteiger partial charge in [-0.2, -0.15) is 0 Å². The van der Waals surface area contributed by atoms with Crippen LogP contribution in [-0.2, 0) is 0 Å². The molecule has 0 bridgehead atoms. The van der Waals surface area contributed by atoms with E-state index in [1.807, 2.05) is 12.1 Å². The maximum absolute atomic E-state index is 10.8. The predicted octanol–water partition coefficient (Wildman–Crippen LogP) is 3.68. The van der Waals surface area contributed by atoms with Gasteiger partial charge in [0.05, 0.1) is 10.7 Å². The standard InChI is InChI=1S/C15H15ClN2O3/c16-11-8-10(12-9-14(15(19)20)21-17-12)4-5-13(11)18-6-2-1-3-7-18/h4-5,8-9H,1-3,6-7H2,(H,19,20). The molecule has 2 aromatic rings. The van der Waals surface area contributed by atoms with Crippen molar-refractivity contribution in [3.8, 4) is 11.3 Å². The highest BCUT2D eigenvalue weighted by Crippen LogP contribution is 2.32.